The van der Waals surface area contributed by atoms with Crippen molar-refractivity contribution in [3.8, 4) is 28.7 Å². The molecule has 1 N–H and O–H groups in total. The average Bonchev–Trinajstić information content (AvgIpc) is 2.89. The van der Waals surface area contributed by atoms with E-state index in [-0.39, 0.29) is 25.9 Å². The minimum absolute atomic E-state index is 0.163. The van der Waals surface area contributed by atoms with Crippen LogP contribution in [0, 0.1) is 11.8 Å². The first kappa shape index (κ1) is 27.7. The maximum Gasteiger partial charge on any atom is 0.417 e. The predicted molar refractivity (Wildman–Crippen MR) is 144 cm³/mol. The molecule has 4 nitrogen and oxygen atoms in total. The molecule has 3 aromatic rings. The lowest BCUT2D eigenvalue weighted by Gasteiger charge is -2.39. The van der Waals surface area contributed by atoms with Gasteiger partial charge in [-0.15, -0.1) is 0 Å². The second-order valence-corrected chi connectivity index (χ2v) is 9.84. The van der Waals surface area contributed by atoms with Crippen molar-refractivity contribution in [1.82, 2.24) is 9.88 Å². The van der Waals surface area contributed by atoms with Crippen molar-refractivity contribution in [3.63, 3.8) is 0 Å². The molecule has 4 rings (SSSR count). The molecule has 1 aromatic heterocycles. The van der Waals surface area contributed by atoms with Gasteiger partial charge in [0, 0.05) is 47.5 Å². The van der Waals surface area contributed by atoms with Crippen molar-refractivity contribution in [2.45, 2.75) is 31.5 Å². The van der Waals surface area contributed by atoms with Crippen molar-refractivity contribution in [3.05, 3.63) is 89.2 Å². The summed E-state index contributed by atoms with van der Waals surface area (Å²) in [6, 6.07) is 16.9. The summed E-state index contributed by atoms with van der Waals surface area (Å²) in [5.41, 5.74) is 2.43. The fraction of sp³-hybridized carbons (Fsp3) is 0.300. The van der Waals surface area contributed by atoms with Crippen LogP contribution >= 0.6 is 11.6 Å². The lowest BCUT2D eigenvalue weighted by molar-refractivity contribution is -0.272. The van der Waals surface area contributed by atoms with E-state index in [9.17, 15) is 18.3 Å². The van der Waals surface area contributed by atoms with Gasteiger partial charge >= 0.3 is 6.18 Å². The van der Waals surface area contributed by atoms with Gasteiger partial charge in [-0.1, -0.05) is 42.3 Å². The van der Waals surface area contributed by atoms with Crippen molar-refractivity contribution >= 4 is 17.2 Å². The van der Waals surface area contributed by atoms with E-state index in [0.29, 0.717) is 29.6 Å². The normalized spacial score (nSPS) is 15.4. The van der Waals surface area contributed by atoms with E-state index in [1.165, 1.54) is 0 Å². The van der Waals surface area contributed by atoms with Crippen LogP contribution in [0.25, 0.3) is 16.7 Å². The number of ether oxygens (including phenoxy) is 1. The van der Waals surface area contributed by atoms with E-state index < -0.39 is 11.8 Å². The Labute approximate surface area is 225 Å². The Morgan fingerprint density at radius 2 is 1.76 bits per heavy atom. The third-order valence-corrected chi connectivity index (χ3v) is 6.84. The monoisotopic (exact) mass is 540 g/mol. The summed E-state index contributed by atoms with van der Waals surface area (Å²) in [6.07, 6.45) is -3.50. The predicted octanol–water partition coefficient (Wildman–Crippen LogP) is 6.60. The number of aromatic nitrogens is 1. The Hall–Kier alpha value is -3.31. The molecule has 1 fully saturated rings. The zero-order valence-corrected chi connectivity index (χ0v) is 21.7. The molecule has 0 bridgehead atoms. The SMILES string of the molecule is C=C(C)c1cc(C#Cc2ccc(-c3ccc(Cl)cc3)cn2)ccc1OCCN1CCC(O)(C(F)(F)F)CC1. The fourth-order valence-corrected chi connectivity index (χ4v) is 4.32. The van der Waals surface area contributed by atoms with Crippen LogP contribution in [0.1, 0.15) is 36.6 Å². The molecule has 38 heavy (non-hydrogen) atoms. The van der Waals surface area contributed by atoms with Crippen molar-refractivity contribution in [2.75, 3.05) is 26.2 Å². The summed E-state index contributed by atoms with van der Waals surface area (Å²) in [4.78, 5) is 6.31. The van der Waals surface area contributed by atoms with Crippen LogP contribution in [0.4, 0.5) is 13.2 Å². The number of nitrogens with zero attached hydrogens (tertiary/aromatic N) is 2. The smallest absolute Gasteiger partial charge is 0.417 e. The molecule has 1 saturated heterocycles. The minimum atomic E-state index is -4.60. The highest BCUT2D eigenvalue weighted by molar-refractivity contribution is 6.30. The number of likely N-dealkylation sites (tertiary alicyclic amines) is 1. The summed E-state index contributed by atoms with van der Waals surface area (Å²) in [6.45, 7) is 7.00. The second-order valence-electron chi connectivity index (χ2n) is 9.40. The molecule has 2 heterocycles. The van der Waals surface area contributed by atoms with Gasteiger partial charge in [0.25, 0.3) is 0 Å². The van der Waals surface area contributed by atoms with Gasteiger partial charge in [-0.2, -0.15) is 13.2 Å². The molecule has 2 aromatic carbocycles. The number of benzene rings is 2. The van der Waals surface area contributed by atoms with E-state index in [1.54, 1.807) is 6.20 Å². The number of hydrogen-bond acceptors (Lipinski definition) is 4. The number of alkyl halides is 3. The molecule has 8 heteroatoms. The number of halogens is 4. The van der Waals surface area contributed by atoms with E-state index in [2.05, 4.69) is 23.4 Å². The van der Waals surface area contributed by atoms with E-state index in [1.807, 2.05) is 66.4 Å². The van der Waals surface area contributed by atoms with Gasteiger partial charge in [-0.05, 0) is 73.2 Å². The minimum Gasteiger partial charge on any atom is -0.492 e. The first-order chi connectivity index (χ1) is 18.0. The van der Waals surface area contributed by atoms with Crippen LogP contribution in [-0.4, -0.2) is 53.0 Å². The number of allylic oxidation sites excluding steroid dienone is 1. The second kappa shape index (κ2) is 11.6. The van der Waals surface area contributed by atoms with Crippen LogP contribution in [0.15, 0.2) is 67.4 Å². The largest absolute Gasteiger partial charge is 0.492 e. The zero-order valence-electron chi connectivity index (χ0n) is 21.0. The molecule has 0 amide bonds. The van der Waals surface area contributed by atoms with Gasteiger partial charge in [0.05, 0.1) is 0 Å². The third-order valence-electron chi connectivity index (χ3n) is 6.59. The third kappa shape index (κ3) is 6.76. The Bertz CT molecular complexity index is 1340. The van der Waals surface area contributed by atoms with Gasteiger partial charge < -0.3 is 9.84 Å². The zero-order chi connectivity index (χ0) is 27.3. The molecule has 198 valence electrons. The van der Waals surface area contributed by atoms with Crippen LogP contribution in [-0.2, 0) is 0 Å². The number of piperidine rings is 1. The molecule has 1 aliphatic rings. The lowest BCUT2D eigenvalue weighted by atomic mass is 9.91. The number of hydrogen-bond donors (Lipinski definition) is 1. The Kier molecular flexibility index (Phi) is 8.47. The van der Waals surface area contributed by atoms with Crippen LogP contribution in [0.5, 0.6) is 5.75 Å². The first-order valence-electron chi connectivity index (χ1n) is 12.2. The van der Waals surface area contributed by atoms with Crippen LogP contribution < -0.4 is 4.74 Å². The molecular weight excluding hydrogens is 513 g/mol. The highest BCUT2D eigenvalue weighted by atomic mass is 35.5. The molecule has 0 atom stereocenters. The number of rotatable bonds is 6. The van der Waals surface area contributed by atoms with Crippen LogP contribution in [0.2, 0.25) is 5.02 Å². The maximum atomic E-state index is 13.0. The highest BCUT2D eigenvalue weighted by Crippen LogP contribution is 2.38. The summed E-state index contributed by atoms with van der Waals surface area (Å²) in [5.74, 6) is 6.84. The number of aliphatic hydroxyl groups is 1. The van der Waals surface area contributed by atoms with Crippen molar-refractivity contribution in [1.29, 1.82) is 0 Å². The lowest BCUT2D eigenvalue weighted by Crippen LogP contribution is -2.53. The van der Waals surface area contributed by atoms with Gasteiger partial charge in [-0.25, -0.2) is 4.98 Å². The fourth-order valence-electron chi connectivity index (χ4n) is 4.20. The summed E-state index contributed by atoms with van der Waals surface area (Å²) in [7, 11) is 0. The molecule has 0 unspecified atom stereocenters. The topological polar surface area (TPSA) is 45.6 Å². The Morgan fingerprint density at radius 1 is 1.08 bits per heavy atom. The molecule has 0 aliphatic carbocycles. The Morgan fingerprint density at radius 3 is 2.37 bits per heavy atom. The molecule has 0 radical (unpaired) electrons. The molecule has 0 saturated carbocycles. The van der Waals surface area contributed by atoms with Gasteiger partial charge in [0.2, 0.25) is 0 Å². The highest BCUT2D eigenvalue weighted by Gasteiger charge is 2.54. The average molecular weight is 541 g/mol. The quantitative estimate of drug-likeness (QED) is 0.358. The summed E-state index contributed by atoms with van der Waals surface area (Å²) in [5, 5.41) is 10.5. The van der Waals surface area contributed by atoms with Gasteiger partial charge in [-0.3, -0.25) is 4.90 Å². The standard InChI is InChI=1S/C30H28ClF3N2O2/c1-21(2)27-19-22(3-10-26-11-7-24(20-35-26)23-5-8-25(31)9-6-23)4-12-28(27)38-18-17-36-15-13-29(37,14-16-36)30(32,33)34/h4-9,11-12,19-20,37H,1,13-18H2,2H3. The van der Waals surface area contributed by atoms with Gasteiger partial charge in [0.1, 0.15) is 18.1 Å². The van der Waals surface area contributed by atoms with E-state index >= 15 is 0 Å². The van der Waals surface area contributed by atoms with Gasteiger partial charge in [0.15, 0.2) is 5.60 Å². The number of pyridine rings is 1. The Balaban J connectivity index is 1.36. The van der Waals surface area contributed by atoms with Crippen molar-refractivity contribution in [2.24, 2.45) is 0 Å². The van der Waals surface area contributed by atoms with E-state index in [0.717, 1.165) is 27.8 Å². The summed E-state index contributed by atoms with van der Waals surface area (Å²) >= 11 is 5.95. The van der Waals surface area contributed by atoms with E-state index in [4.69, 9.17) is 16.3 Å². The summed E-state index contributed by atoms with van der Waals surface area (Å²) < 4.78 is 45.0. The maximum absolute atomic E-state index is 13.0. The molecule has 1 aliphatic heterocycles. The van der Waals surface area contributed by atoms with Crippen LogP contribution in [0.3, 0.4) is 0 Å². The molecule has 0 spiro atoms. The first-order valence-corrected chi connectivity index (χ1v) is 12.6. The van der Waals surface area contributed by atoms with Crippen molar-refractivity contribution < 1.29 is 23.0 Å². The molecular formula is C30H28ClF3N2O2.